The van der Waals surface area contributed by atoms with E-state index in [0.717, 1.165) is 17.8 Å². The smallest absolute Gasteiger partial charge is 0.246 e. The van der Waals surface area contributed by atoms with Gasteiger partial charge in [0.25, 0.3) is 0 Å². The largest absolute Gasteiger partial charge is 0.332 e. The molecule has 0 aliphatic carbocycles. The normalized spacial score (nSPS) is 10.4. The van der Waals surface area contributed by atoms with Crippen molar-refractivity contribution in [3.63, 3.8) is 0 Å². The molecule has 104 valence electrons. The van der Waals surface area contributed by atoms with Crippen molar-refractivity contribution >= 4 is 5.91 Å². The number of likely N-dealkylation sites (N-methyl/N-ethyl adjacent to an activating group) is 1. The molecule has 0 fully saturated rings. The standard InChI is InChI=1S/C15H23N3O/c1-13(2)11-15(19)18(10-9-17(3)4)12-14-7-5-6-8-16-14/h5-8,11H,9-10,12H2,1-4H3. The van der Waals surface area contributed by atoms with E-state index in [2.05, 4.69) is 9.88 Å². The van der Waals surface area contributed by atoms with Crippen LogP contribution >= 0.6 is 0 Å². The van der Waals surface area contributed by atoms with Crippen LogP contribution in [0.1, 0.15) is 19.5 Å². The van der Waals surface area contributed by atoms with Gasteiger partial charge >= 0.3 is 0 Å². The van der Waals surface area contributed by atoms with E-state index in [1.54, 1.807) is 12.3 Å². The maximum atomic E-state index is 12.2. The van der Waals surface area contributed by atoms with E-state index in [1.807, 2.05) is 51.0 Å². The number of carbonyl (C=O) groups excluding carboxylic acids is 1. The third-order valence-corrected chi connectivity index (χ3v) is 2.62. The fourth-order valence-corrected chi connectivity index (χ4v) is 1.61. The van der Waals surface area contributed by atoms with Gasteiger partial charge in [-0.2, -0.15) is 0 Å². The number of aromatic nitrogens is 1. The molecule has 0 aliphatic rings. The highest BCUT2D eigenvalue weighted by Gasteiger charge is 2.12. The lowest BCUT2D eigenvalue weighted by molar-refractivity contribution is -0.126. The van der Waals surface area contributed by atoms with Crippen LogP contribution in [0.15, 0.2) is 36.0 Å². The van der Waals surface area contributed by atoms with E-state index < -0.39 is 0 Å². The minimum absolute atomic E-state index is 0.0486. The molecule has 1 aromatic rings. The summed E-state index contributed by atoms with van der Waals surface area (Å²) in [5.41, 5.74) is 1.93. The number of hydrogen-bond acceptors (Lipinski definition) is 3. The molecular weight excluding hydrogens is 238 g/mol. The van der Waals surface area contributed by atoms with Gasteiger partial charge in [0.05, 0.1) is 12.2 Å². The molecule has 4 nitrogen and oxygen atoms in total. The number of amides is 1. The van der Waals surface area contributed by atoms with E-state index in [0.29, 0.717) is 13.1 Å². The van der Waals surface area contributed by atoms with Crippen molar-refractivity contribution in [3.05, 3.63) is 41.7 Å². The van der Waals surface area contributed by atoms with Crippen LogP contribution in [0.25, 0.3) is 0 Å². The molecular formula is C15H23N3O. The molecule has 0 bridgehead atoms. The highest BCUT2D eigenvalue weighted by molar-refractivity contribution is 5.88. The van der Waals surface area contributed by atoms with Gasteiger partial charge in [-0.25, -0.2) is 0 Å². The molecule has 1 rings (SSSR count). The quantitative estimate of drug-likeness (QED) is 0.734. The Hall–Kier alpha value is -1.68. The Bertz CT molecular complexity index is 422. The molecule has 0 aliphatic heterocycles. The van der Waals surface area contributed by atoms with Crippen LogP contribution < -0.4 is 0 Å². The highest BCUT2D eigenvalue weighted by atomic mass is 16.2. The molecule has 0 saturated heterocycles. The molecule has 1 aromatic heterocycles. The summed E-state index contributed by atoms with van der Waals surface area (Å²) in [4.78, 5) is 20.4. The number of pyridine rings is 1. The molecule has 0 unspecified atom stereocenters. The summed E-state index contributed by atoms with van der Waals surface area (Å²) >= 11 is 0. The first kappa shape index (κ1) is 15.4. The second-order valence-electron chi connectivity index (χ2n) is 5.11. The molecule has 0 N–H and O–H groups in total. The molecule has 4 heteroatoms. The van der Waals surface area contributed by atoms with Crippen molar-refractivity contribution < 1.29 is 4.79 Å². The number of rotatable bonds is 6. The molecule has 0 atom stereocenters. The molecule has 19 heavy (non-hydrogen) atoms. The lowest BCUT2D eigenvalue weighted by atomic mass is 10.2. The van der Waals surface area contributed by atoms with Gasteiger partial charge in [0, 0.05) is 25.4 Å². The first-order valence-corrected chi connectivity index (χ1v) is 6.47. The summed E-state index contributed by atoms with van der Waals surface area (Å²) in [6.07, 6.45) is 3.43. The summed E-state index contributed by atoms with van der Waals surface area (Å²) in [5, 5.41) is 0. The van der Waals surface area contributed by atoms with Crippen LogP contribution in [-0.4, -0.2) is 47.9 Å². The zero-order valence-electron chi connectivity index (χ0n) is 12.3. The average Bonchev–Trinajstić information content (AvgIpc) is 2.34. The van der Waals surface area contributed by atoms with Gasteiger partial charge in [0.15, 0.2) is 0 Å². The Kier molecular flexibility index (Phi) is 6.22. The van der Waals surface area contributed by atoms with Crippen molar-refractivity contribution in [2.75, 3.05) is 27.2 Å². The first-order valence-electron chi connectivity index (χ1n) is 6.47. The van der Waals surface area contributed by atoms with Crippen molar-refractivity contribution in [1.82, 2.24) is 14.8 Å². The van der Waals surface area contributed by atoms with Crippen LogP contribution in [0.5, 0.6) is 0 Å². The van der Waals surface area contributed by atoms with Gasteiger partial charge < -0.3 is 9.80 Å². The number of carbonyl (C=O) groups is 1. The van der Waals surface area contributed by atoms with E-state index in [4.69, 9.17) is 0 Å². The Labute approximate surface area is 115 Å². The van der Waals surface area contributed by atoms with E-state index in [9.17, 15) is 4.79 Å². The monoisotopic (exact) mass is 261 g/mol. The Morgan fingerprint density at radius 2 is 2.00 bits per heavy atom. The molecule has 0 saturated carbocycles. The maximum absolute atomic E-state index is 12.2. The summed E-state index contributed by atoms with van der Waals surface area (Å²) in [7, 11) is 4.01. The van der Waals surface area contributed by atoms with E-state index >= 15 is 0 Å². The molecule has 1 heterocycles. The summed E-state index contributed by atoms with van der Waals surface area (Å²) < 4.78 is 0. The van der Waals surface area contributed by atoms with Crippen molar-refractivity contribution in [2.24, 2.45) is 0 Å². The first-order chi connectivity index (χ1) is 8.99. The lowest BCUT2D eigenvalue weighted by Crippen LogP contribution is -2.35. The van der Waals surface area contributed by atoms with E-state index in [-0.39, 0.29) is 5.91 Å². The molecule has 0 radical (unpaired) electrons. The fourth-order valence-electron chi connectivity index (χ4n) is 1.61. The van der Waals surface area contributed by atoms with Crippen LogP contribution in [0.4, 0.5) is 0 Å². The topological polar surface area (TPSA) is 36.4 Å². The summed E-state index contributed by atoms with van der Waals surface area (Å²) in [5.74, 6) is 0.0486. The highest BCUT2D eigenvalue weighted by Crippen LogP contribution is 2.04. The number of allylic oxidation sites excluding steroid dienone is 1. The van der Waals surface area contributed by atoms with Gasteiger partial charge in [-0.15, -0.1) is 0 Å². The van der Waals surface area contributed by atoms with Gasteiger partial charge in [0.1, 0.15) is 0 Å². The Balaban J connectivity index is 2.74. The van der Waals surface area contributed by atoms with Crippen LogP contribution in [0, 0.1) is 0 Å². The van der Waals surface area contributed by atoms with Gasteiger partial charge in [-0.05, 0) is 40.1 Å². The fraction of sp³-hybridized carbons (Fsp3) is 0.467. The third-order valence-electron chi connectivity index (χ3n) is 2.62. The zero-order valence-corrected chi connectivity index (χ0v) is 12.3. The zero-order chi connectivity index (χ0) is 14.3. The van der Waals surface area contributed by atoms with Crippen LogP contribution in [0.2, 0.25) is 0 Å². The molecule has 0 aromatic carbocycles. The third kappa shape index (κ3) is 6.15. The van der Waals surface area contributed by atoms with Gasteiger partial charge in [-0.3, -0.25) is 9.78 Å². The average molecular weight is 261 g/mol. The summed E-state index contributed by atoms with van der Waals surface area (Å²) in [6, 6.07) is 5.77. The lowest BCUT2D eigenvalue weighted by Gasteiger charge is -2.23. The minimum Gasteiger partial charge on any atom is -0.332 e. The van der Waals surface area contributed by atoms with Gasteiger partial charge in [-0.1, -0.05) is 11.6 Å². The SMILES string of the molecule is CC(C)=CC(=O)N(CCN(C)C)Cc1ccccn1. The number of nitrogens with zero attached hydrogens (tertiary/aromatic N) is 3. The maximum Gasteiger partial charge on any atom is 0.246 e. The summed E-state index contributed by atoms with van der Waals surface area (Å²) in [6.45, 7) is 5.96. The minimum atomic E-state index is 0.0486. The number of hydrogen-bond donors (Lipinski definition) is 0. The van der Waals surface area contributed by atoms with Crippen molar-refractivity contribution in [3.8, 4) is 0 Å². The van der Waals surface area contributed by atoms with Crippen molar-refractivity contribution in [1.29, 1.82) is 0 Å². The predicted octanol–water partition coefficient (Wildman–Crippen LogP) is 1.94. The van der Waals surface area contributed by atoms with E-state index in [1.165, 1.54) is 0 Å². The van der Waals surface area contributed by atoms with Crippen LogP contribution in [-0.2, 0) is 11.3 Å². The Morgan fingerprint density at radius 3 is 2.53 bits per heavy atom. The predicted molar refractivity (Wildman–Crippen MR) is 77.6 cm³/mol. The second-order valence-corrected chi connectivity index (χ2v) is 5.11. The van der Waals surface area contributed by atoms with Gasteiger partial charge in [0.2, 0.25) is 5.91 Å². The second kappa shape index (κ2) is 7.69. The van der Waals surface area contributed by atoms with Crippen molar-refractivity contribution in [2.45, 2.75) is 20.4 Å². The van der Waals surface area contributed by atoms with Crippen LogP contribution in [0.3, 0.4) is 0 Å². The molecule has 0 spiro atoms. The molecule has 1 amide bonds. The Morgan fingerprint density at radius 1 is 1.26 bits per heavy atom.